The van der Waals surface area contributed by atoms with E-state index in [0.717, 1.165) is 22.5 Å². The van der Waals surface area contributed by atoms with Crippen LogP contribution in [0.25, 0.3) is 22.0 Å². The number of halogens is 3. The van der Waals surface area contributed by atoms with Gasteiger partial charge in [0.2, 0.25) is 0 Å². The SMILES string of the molecule is COC(=O)c1ccc(-c2ccc(OC(F)(F)F)c(C(=O)NC(CC#N)Cc3c[nH]c4ccccc34)c2)cc1OC. The molecule has 11 heteroatoms. The lowest BCUT2D eigenvalue weighted by Crippen LogP contribution is -2.36. The van der Waals surface area contributed by atoms with E-state index in [4.69, 9.17) is 9.47 Å². The number of methoxy groups -OCH3 is 2. The van der Waals surface area contributed by atoms with Crippen LogP contribution in [0.5, 0.6) is 11.5 Å². The molecule has 0 aliphatic rings. The van der Waals surface area contributed by atoms with Gasteiger partial charge in [0.1, 0.15) is 17.1 Å². The van der Waals surface area contributed by atoms with Gasteiger partial charge in [-0.2, -0.15) is 5.26 Å². The van der Waals surface area contributed by atoms with Gasteiger partial charge >= 0.3 is 12.3 Å². The standard InChI is InChI=1S/C29H24F3N3O5/c1-38-26-15-18(7-9-22(26)28(37)39-2)17-8-10-25(40-29(30,31)32)23(14-17)27(36)35-20(11-12-33)13-19-16-34-24-6-4-3-5-21(19)24/h3-10,14-16,20,34H,11,13H2,1-2H3,(H,35,36). The van der Waals surface area contributed by atoms with Crippen molar-refractivity contribution in [2.24, 2.45) is 0 Å². The Balaban J connectivity index is 1.68. The first-order chi connectivity index (χ1) is 19.1. The van der Waals surface area contributed by atoms with Crippen LogP contribution in [0, 0.1) is 11.3 Å². The van der Waals surface area contributed by atoms with Crippen molar-refractivity contribution in [2.45, 2.75) is 25.2 Å². The zero-order valence-corrected chi connectivity index (χ0v) is 21.5. The van der Waals surface area contributed by atoms with E-state index in [1.165, 1.54) is 38.5 Å². The molecule has 0 saturated heterocycles. The molecule has 0 radical (unpaired) electrons. The Morgan fingerprint density at radius 3 is 2.42 bits per heavy atom. The summed E-state index contributed by atoms with van der Waals surface area (Å²) in [5.41, 5.74) is 2.32. The number of nitrogens with zero attached hydrogens (tertiary/aromatic N) is 1. The van der Waals surface area contributed by atoms with Gasteiger partial charge < -0.3 is 24.5 Å². The molecule has 1 heterocycles. The Labute approximate surface area is 227 Å². The number of aromatic amines is 1. The molecule has 4 rings (SSSR count). The van der Waals surface area contributed by atoms with Crippen molar-refractivity contribution in [3.8, 4) is 28.7 Å². The van der Waals surface area contributed by atoms with Gasteiger partial charge in [0.25, 0.3) is 5.91 Å². The number of para-hydroxylation sites is 1. The van der Waals surface area contributed by atoms with Gasteiger partial charge in [-0.1, -0.05) is 30.3 Å². The van der Waals surface area contributed by atoms with Gasteiger partial charge in [0, 0.05) is 23.1 Å². The molecule has 4 aromatic rings. The zero-order chi connectivity index (χ0) is 28.9. The summed E-state index contributed by atoms with van der Waals surface area (Å²) < 4.78 is 53.7. The van der Waals surface area contributed by atoms with Gasteiger partial charge in [-0.05, 0) is 53.4 Å². The highest BCUT2D eigenvalue weighted by Crippen LogP contribution is 2.33. The number of ether oxygens (including phenoxy) is 3. The smallest absolute Gasteiger partial charge is 0.496 e. The highest BCUT2D eigenvalue weighted by molar-refractivity contribution is 5.99. The lowest BCUT2D eigenvalue weighted by Gasteiger charge is -2.19. The van der Waals surface area contributed by atoms with Crippen LogP contribution in [0.4, 0.5) is 13.2 Å². The molecule has 0 fully saturated rings. The fourth-order valence-corrected chi connectivity index (χ4v) is 4.36. The van der Waals surface area contributed by atoms with Crippen molar-refractivity contribution in [1.82, 2.24) is 10.3 Å². The minimum atomic E-state index is -5.04. The van der Waals surface area contributed by atoms with Crippen LogP contribution in [0.2, 0.25) is 0 Å². The third-order valence-corrected chi connectivity index (χ3v) is 6.20. The Bertz CT molecular complexity index is 1590. The van der Waals surface area contributed by atoms with Crippen LogP contribution >= 0.6 is 0 Å². The van der Waals surface area contributed by atoms with Crippen molar-refractivity contribution in [1.29, 1.82) is 5.26 Å². The third-order valence-electron chi connectivity index (χ3n) is 6.20. The Morgan fingerprint density at radius 2 is 1.73 bits per heavy atom. The van der Waals surface area contributed by atoms with Crippen LogP contribution in [-0.4, -0.2) is 43.5 Å². The van der Waals surface area contributed by atoms with Gasteiger partial charge in [-0.25, -0.2) is 4.79 Å². The van der Waals surface area contributed by atoms with E-state index in [0.29, 0.717) is 11.1 Å². The number of hydrogen-bond acceptors (Lipinski definition) is 6. The number of aromatic nitrogens is 1. The van der Waals surface area contributed by atoms with Crippen LogP contribution in [0.3, 0.4) is 0 Å². The molecule has 1 amide bonds. The van der Waals surface area contributed by atoms with Crippen LogP contribution in [0.1, 0.15) is 32.7 Å². The predicted molar refractivity (Wildman–Crippen MR) is 140 cm³/mol. The average molecular weight is 552 g/mol. The summed E-state index contributed by atoms with van der Waals surface area (Å²) in [6.07, 6.45) is -3.08. The van der Waals surface area contributed by atoms with Crippen molar-refractivity contribution in [3.63, 3.8) is 0 Å². The molecule has 40 heavy (non-hydrogen) atoms. The van der Waals surface area contributed by atoms with E-state index in [2.05, 4.69) is 15.0 Å². The Morgan fingerprint density at radius 1 is 1.00 bits per heavy atom. The number of nitriles is 1. The topological polar surface area (TPSA) is 113 Å². The summed E-state index contributed by atoms with van der Waals surface area (Å²) in [5.74, 6) is -2.00. The summed E-state index contributed by atoms with van der Waals surface area (Å²) in [7, 11) is 2.58. The van der Waals surface area contributed by atoms with Gasteiger partial charge in [0.15, 0.2) is 0 Å². The number of esters is 1. The monoisotopic (exact) mass is 551 g/mol. The molecule has 3 aromatic carbocycles. The first-order valence-corrected chi connectivity index (χ1v) is 12.0. The molecular weight excluding hydrogens is 527 g/mol. The normalized spacial score (nSPS) is 11.9. The number of H-pyrrole nitrogens is 1. The largest absolute Gasteiger partial charge is 0.573 e. The molecule has 0 aliphatic carbocycles. The van der Waals surface area contributed by atoms with Crippen molar-refractivity contribution < 1.29 is 37.0 Å². The lowest BCUT2D eigenvalue weighted by atomic mass is 9.99. The fraction of sp³-hybridized carbons (Fsp3) is 0.207. The number of hydrogen-bond donors (Lipinski definition) is 2. The van der Waals surface area contributed by atoms with E-state index in [-0.39, 0.29) is 29.7 Å². The summed E-state index contributed by atoms with van der Waals surface area (Å²) in [6.45, 7) is 0. The number of alkyl halides is 3. The highest BCUT2D eigenvalue weighted by Gasteiger charge is 2.33. The van der Waals surface area contributed by atoms with Crippen molar-refractivity contribution in [3.05, 3.63) is 83.6 Å². The number of rotatable bonds is 9. The second-order valence-electron chi connectivity index (χ2n) is 8.76. The number of carbonyl (C=O) groups is 2. The molecule has 0 spiro atoms. The van der Waals surface area contributed by atoms with E-state index >= 15 is 0 Å². The summed E-state index contributed by atoms with van der Waals surface area (Å²) in [4.78, 5) is 28.5. The van der Waals surface area contributed by atoms with E-state index in [9.17, 15) is 28.0 Å². The molecular formula is C29H24F3N3O5. The first-order valence-electron chi connectivity index (χ1n) is 12.0. The Kier molecular flexibility index (Phi) is 8.29. The van der Waals surface area contributed by atoms with Gasteiger partial charge in [0.05, 0.1) is 32.3 Å². The van der Waals surface area contributed by atoms with Crippen molar-refractivity contribution in [2.75, 3.05) is 14.2 Å². The van der Waals surface area contributed by atoms with Gasteiger partial charge in [-0.3, -0.25) is 4.79 Å². The van der Waals surface area contributed by atoms with Crippen LogP contribution in [0.15, 0.2) is 66.9 Å². The summed E-state index contributed by atoms with van der Waals surface area (Å²) in [6, 6.07) is 17.0. The maximum absolute atomic E-state index is 13.4. The first kappa shape index (κ1) is 28.0. The second-order valence-corrected chi connectivity index (χ2v) is 8.76. The molecule has 0 saturated carbocycles. The molecule has 0 aliphatic heterocycles. The van der Waals surface area contributed by atoms with Gasteiger partial charge in [-0.15, -0.1) is 13.2 Å². The van der Waals surface area contributed by atoms with E-state index in [1.54, 1.807) is 12.3 Å². The van der Waals surface area contributed by atoms with E-state index < -0.39 is 30.0 Å². The maximum atomic E-state index is 13.4. The third kappa shape index (κ3) is 6.35. The molecule has 206 valence electrons. The molecule has 8 nitrogen and oxygen atoms in total. The average Bonchev–Trinajstić information content (AvgIpc) is 3.34. The second kappa shape index (κ2) is 11.8. The number of benzene rings is 3. The summed E-state index contributed by atoms with van der Waals surface area (Å²) >= 11 is 0. The number of fused-ring (bicyclic) bond motifs is 1. The zero-order valence-electron chi connectivity index (χ0n) is 21.5. The van der Waals surface area contributed by atoms with Crippen LogP contribution in [-0.2, 0) is 11.2 Å². The molecule has 1 aromatic heterocycles. The molecule has 2 N–H and O–H groups in total. The number of carbonyl (C=O) groups excluding carboxylic acids is 2. The maximum Gasteiger partial charge on any atom is 0.573 e. The molecule has 0 bridgehead atoms. The van der Waals surface area contributed by atoms with E-state index in [1.807, 2.05) is 30.3 Å². The van der Waals surface area contributed by atoms with Crippen molar-refractivity contribution >= 4 is 22.8 Å². The number of nitrogens with one attached hydrogen (secondary N) is 2. The minimum absolute atomic E-state index is 0.0768. The number of amides is 1. The van der Waals surface area contributed by atoms with Crippen LogP contribution < -0.4 is 14.8 Å². The predicted octanol–water partition coefficient (Wildman–Crippen LogP) is 5.78. The lowest BCUT2D eigenvalue weighted by molar-refractivity contribution is -0.274. The quantitative estimate of drug-likeness (QED) is 0.255. The Hall–Kier alpha value is -4.98. The highest BCUT2D eigenvalue weighted by atomic mass is 19.4. The fourth-order valence-electron chi connectivity index (χ4n) is 4.36. The molecule has 1 unspecified atom stereocenters. The minimum Gasteiger partial charge on any atom is -0.496 e. The summed E-state index contributed by atoms with van der Waals surface area (Å²) in [5, 5.41) is 13.0. The molecule has 1 atom stereocenters.